The van der Waals surface area contributed by atoms with E-state index in [4.69, 9.17) is 9.05 Å². The molecule has 0 saturated heterocycles. The zero-order valence-electron chi connectivity index (χ0n) is 10.3. The molecule has 0 rings (SSSR count). The van der Waals surface area contributed by atoms with Crippen LogP contribution in [-0.4, -0.2) is 18.4 Å². The zero-order chi connectivity index (χ0) is 11.0. The van der Waals surface area contributed by atoms with E-state index in [1.807, 2.05) is 6.92 Å². The second-order valence-electron chi connectivity index (χ2n) is 3.40. The fourth-order valence-electron chi connectivity index (χ4n) is 1.49. The average molecular weight is 220 g/mol. The standard InChI is InChI=1S/C11H25O2P/c1-6-11(7-2,8-3)13-14(10-5)12-9-4/h6-10H2,1-5H3. The molecule has 2 nitrogen and oxygen atoms in total. The fourth-order valence-corrected chi connectivity index (χ4v) is 2.96. The first kappa shape index (κ1) is 14.3. The van der Waals surface area contributed by atoms with Gasteiger partial charge >= 0.3 is 0 Å². The molecule has 0 aromatic carbocycles. The Kier molecular flexibility index (Phi) is 7.81. The summed E-state index contributed by atoms with van der Waals surface area (Å²) in [6.07, 6.45) is 4.22. The van der Waals surface area contributed by atoms with E-state index in [0.29, 0.717) is 0 Å². The second kappa shape index (κ2) is 7.62. The number of hydrogen-bond donors (Lipinski definition) is 0. The molecule has 0 aromatic heterocycles. The van der Waals surface area contributed by atoms with Crippen molar-refractivity contribution in [1.29, 1.82) is 0 Å². The molecule has 0 aromatic rings. The molecule has 0 heterocycles. The molecule has 1 unspecified atom stereocenters. The van der Waals surface area contributed by atoms with Gasteiger partial charge in [0.25, 0.3) is 0 Å². The van der Waals surface area contributed by atoms with Gasteiger partial charge in [0.1, 0.15) is 0 Å². The summed E-state index contributed by atoms with van der Waals surface area (Å²) in [5.41, 5.74) is 0.0525. The summed E-state index contributed by atoms with van der Waals surface area (Å²) in [7, 11) is -0.664. The third-order valence-corrected chi connectivity index (χ3v) is 4.41. The van der Waals surface area contributed by atoms with Gasteiger partial charge < -0.3 is 9.05 Å². The van der Waals surface area contributed by atoms with Crippen molar-refractivity contribution in [1.82, 2.24) is 0 Å². The van der Waals surface area contributed by atoms with Crippen molar-refractivity contribution in [2.45, 2.75) is 59.5 Å². The van der Waals surface area contributed by atoms with Crippen molar-refractivity contribution in [3.63, 3.8) is 0 Å². The van der Waals surface area contributed by atoms with E-state index in [2.05, 4.69) is 27.7 Å². The van der Waals surface area contributed by atoms with Crippen LogP contribution in [0.4, 0.5) is 0 Å². The molecular weight excluding hydrogens is 195 g/mol. The van der Waals surface area contributed by atoms with Gasteiger partial charge in [0, 0.05) is 6.16 Å². The van der Waals surface area contributed by atoms with Gasteiger partial charge in [-0.1, -0.05) is 27.7 Å². The summed E-state index contributed by atoms with van der Waals surface area (Å²) >= 11 is 0. The molecule has 3 heteroatoms. The van der Waals surface area contributed by atoms with Crippen LogP contribution in [0.5, 0.6) is 0 Å². The van der Waals surface area contributed by atoms with Crippen LogP contribution < -0.4 is 0 Å². The Bertz CT molecular complexity index is 127. The van der Waals surface area contributed by atoms with E-state index in [0.717, 1.165) is 32.0 Å². The Labute approximate surface area is 90.3 Å². The Morgan fingerprint density at radius 2 is 1.43 bits per heavy atom. The minimum atomic E-state index is -0.664. The molecule has 0 saturated carbocycles. The van der Waals surface area contributed by atoms with Crippen LogP contribution in [0.3, 0.4) is 0 Å². The minimum Gasteiger partial charge on any atom is -0.334 e. The van der Waals surface area contributed by atoms with Gasteiger partial charge in [-0.15, -0.1) is 0 Å². The van der Waals surface area contributed by atoms with Gasteiger partial charge in [-0.25, -0.2) is 0 Å². The first-order valence-electron chi connectivity index (χ1n) is 5.77. The topological polar surface area (TPSA) is 18.5 Å². The molecule has 0 aliphatic carbocycles. The van der Waals surface area contributed by atoms with E-state index < -0.39 is 8.38 Å². The van der Waals surface area contributed by atoms with Crippen LogP contribution in [0, 0.1) is 0 Å². The molecule has 0 fully saturated rings. The molecule has 0 amide bonds. The summed E-state index contributed by atoms with van der Waals surface area (Å²) in [5, 5.41) is 0. The van der Waals surface area contributed by atoms with Crippen LogP contribution in [0.1, 0.15) is 53.9 Å². The highest BCUT2D eigenvalue weighted by molar-refractivity contribution is 7.47. The fraction of sp³-hybridized carbons (Fsp3) is 1.00. The van der Waals surface area contributed by atoms with Crippen LogP contribution in [-0.2, 0) is 9.05 Å². The molecule has 86 valence electrons. The maximum Gasteiger partial charge on any atom is 0.170 e. The van der Waals surface area contributed by atoms with E-state index in [9.17, 15) is 0 Å². The predicted molar refractivity (Wildman–Crippen MR) is 63.8 cm³/mol. The van der Waals surface area contributed by atoms with Crippen molar-refractivity contribution in [2.24, 2.45) is 0 Å². The largest absolute Gasteiger partial charge is 0.334 e. The molecule has 1 atom stereocenters. The van der Waals surface area contributed by atoms with Crippen molar-refractivity contribution in [2.75, 3.05) is 12.8 Å². The maximum atomic E-state index is 6.12. The van der Waals surface area contributed by atoms with Crippen LogP contribution >= 0.6 is 8.38 Å². The highest BCUT2D eigenvalue weighted by atomic mass is 31.2. The lowest BCUT2D eigenvalue weighted by Gasteiger charge is -2.33. The van der Waals surface area contributed by atoms with Crippen molar-refractivity contribution in [3.8, 4) is 0 Å². The lowest BCUT2D eigenvalue weighted by Crippen LogP contribution is -2.28. The average Bonchev–Trinajstić information content (AvgIpc) is 2.25. The third kappa shape index (κ3) is 4.25. The van der Waals surface area contributed by atoms with Gasteiger partial charge in [0.2, 0.25) is 0 Å². The smallest absolute Gasteiger partial charge is 0.170 e. The summed E-state index contributed by atoms with van der Waals surface area (Å²) in [4.78, 5) is 0. The second-order valence-corrected chi connectivity index (χ2v) is 5.14. The van der Waals surface area contributed by atoms with Crippen LogP contribution in [0.2, 0.25) is 0 Å². The first-order chi connectivity index (χ1) is 6.67. The Balaban J connectivity index is 4.24. The molecule has 0 spiro atoms. The van der Waals surface area contributed by atoms with E-state index in [-0.39, 0.29) is 5.60 Å². The molecule has 0 radical (unpaired) electrons. The Morgan fingerprint density at radius 1 is 0.929 bits per heavy atom. The number of rotatable bonds is 8. The minimum absolute atomic E-state index is 0.0525. The molecule has 14 heavy (non-hydrogen) atoms. The summed E-state index contributed by atoms with van der Waals surface area (Å²) in [6, 6.07) is 0. The highest BCUT2D eigenvalue weighted by Gasteiger charge is 2.28. The summed E-state index contributed by atoms with van der Waals surface area (Å²) < 4.78 is 11.7. The quantitative estimate of drug-likeness (QED) is 0.566. The number of hydrogen-bond acceptors (Lipinski definition) is 2. The monoisotopic (exact) mass is 220 g/mol. The summed E-state index contributed by atoms with van der Waals surface area (Å²) in [5.74, 6) is 0. The van der Waals surface area contributed by atoms with E-state index in [1.54, 1.807) is 0 Å². The maximum absolute atomic E-state index is 6.12. The predicted octanol–water partition coefficient (Wildman–Crippen LogP) is 4.34. The lowest BCUT2D eigenvalue weighted by molar-refractivity contribution is 0.0520. The van der Waals surface area contributed by atoms with Crippen LogP contribution in [0.15, 0.2) is 0 Å². The Hall–Kier alpha value is 0.350. The van der Waals surface area contributed by atoms with Crippen LogP contribution in [0.25, 0.3) is 0 Å². The molecular formula is C11H25O2P. The van der Waals surface area contributed by atoms with E-state index >= 15 is 0 Å². The first-order valence-corrected chi connectivity index (χ1v) is 7.13. The van der Waals surface area contributed by atoms with Crippen molar-refractivity contribution >= 4 is 8.38 Å². The van der Waals surface area contributed by atoms with Gasteiger partial charge in [-0.05, 0) is 26.2 Å². The van der Waals surface area contributed by atoms with E-state index in [1.165, 1.54) is 0 Å². The van der Waals surface area contributed by atoms with Crippen molar-refractivity contribution in [3.05, 3.63) is 0 Å². The zero-order valence-corrected chi connectivity index (χ0v) is 11.2. The van der Waals surface area contributed by atoms with Gasteiger partial charge in [-0.2, -0.15) is 0 Å². The molecule has 0 N–H and O–H groups in total. The lowest BCUT2D eigenvalue weighted by atomic mass is 9.95. The Morgan fingerprint density at radius 3 is 1.71 bits per heavy atom. The highest BCUT2D eigenvalue weighted by Crippen LogP contribution is 2.45. The third-order valence-electron chi connectivity index (χ3n) is 2.76. The molecule has 0 aliphatic rings. The van der Waals surface area contributed by atoms with Gasteiger partial charge in [0.05, 0.1) is 12.2 Å². The molecule has 0 aliphatic heterocycles. The van der Waals surface area contributed by atoms with Crippen molar-refractivity contribution < 1.29 is 9.05 Å². The molecule has 0 bridgehead atoms. The SMILES string of the molecule is CCOP(CC)OC(CC)(CC)CC. The van der Waals surface area contributed by atoms with Gasteiger partial charge in [0.15, 0.2) is 8.38 Å². The normalized spacial score (nSPS) is 14.4. The summed E-state index contributed by atoms with van der Waals surface area (Å²) in [6.45, 7) is 11.5. The van der Waals surface area contributed by atoms with Gasteiger partial charge in [-0.3, -0.25) is 0 Å².